The fourth-order valence-corrected chi connectivity index (χ4v) is 7.01. The lowest BCUT2D eigenvalue weighted by atomic mass is 9.78. The minimum absolute atomic E-state index is 0.0311. The largest absolute Gasteiger partial charge is 0.480 e. The predicted molar refractivity (Wildman–Crippen MR) is 114 cm³/mol. The van der Waals surface area contributed by atoms with Gasteiger partial charge in [-0.05, 0) is 45.3 Å². The molecular weight excluding hydrogens is 427 g/mol. The molecule has 0 amide bonds. The fourth-order valence-electron chi connectivity index (χ4n) is 4.80. The van der Waals surface area contributed by atoms with Crippen LogP contribution in [0.3, 0.4) is 0 Å². The van der Waals surface area contributed by atoms with Gasteiger partial charge >= 0.3 is 13.1 Å². The fraction of sp³-hybridized carbons (Fsp3) is 0.944. The lowest BCUT2D eigenvalue weighted by molar-refractivity contribution is -0.144. The van der Waals surface area contributed by atoms with Gasteiger partial charge in [-0.1, -0.05) is 6.42 Å². The van der Waals surface area contributed by atoms with Crippen LogP contribution in [0.4, 0.5) is 0 Å². The smallest absolute Gasteiger partial charge is 0.451 e. The molecule has 0 aromatic carbocycles. The summed E-state index contributed by atoms with van der Waals surface area (Å²) in [5, 5.41) is 27.9. The summed E-state index contributed by atoms with van der Waals surface area (Å²) in [6.07, 6.45) is 3.27. The van der Waals surface area contributed by atoms with Gasteiger partial charge < -0.3 is 31.4 Å². The molecule has 2 saturated heterocycles. The van der Waals surface area contributed by atoms with E-state index in [-0.39, 0.29) is 31.9 Å². The molecule has 1 unspecified atom stereocenters. The molecule has 178 valence electrons. The maximum Gasteiger partial charge on any atom is 0.451 e. The second kappa shape index (κ2) is 9.22. The Balaban J connectivity index is 1.85. The van der Waals surface area contributed by atoms with E-state index in [1.165, 1.54) is 8.61 Å². The summed E-state index contributed by atoms with van der Waals surface area (Å²) in [4.78, 5) is 12.0. The van der Waals surface area contributed by atoms with Crippen LogP contribution in [0.1, 0.15) is 45.4 Å². The molecule has 3 atom stereocenters. The van der Waals surface area contributed by atoms with Crippen molar-refractivity contribution in [3.63, 3.8) is 0 Å². The van der Waals surface area contributed by atoms with Gasteiger partial charge in [0, 0.05) is 49.8 Å². The molecule has 1 saturated carbocycles. The number of nitrogens with two attached hydrogens (primary N) is 2. The number of carboxylic acid groups (broad SMARTS) is 1. The van der Waals surface area contributed by atoms with Crippen LogP contribution in [0, 0.1) is 5.92 Å². The molecule has 13 heteroatoms. The zero-order valence-corrected chi connectivity index (χ0v) is 18.8. The Morgan fingerprint density at radius 2 is 1.90 bits per heavy atom. The van der Waals surface area contributed by atoms with E-state index in [2.05, 4.69) is 0 Å². The Hall–Kier alpha value is -0.795. The molecule has 0 aromatic heterocycles. The number of hydrogen-bond acceptors (Lipinski definition) is 8. The molecule has 0 radical (unpaired) electrons. The third-order valence-corrected chi connectivity index (χ3v) is 9.27. The molecule has 2 heterocycles. The molecule has 0 bridgehead atoms. The average Bonchev–Trinajstić information content (AvgIpc) is 3.35. The lowest BCUT2D eigenvalue weighted by Gasteiger charge is -2.41. The van der Waals surface area contributed by atoms with Gasteiger partial charge in [-0.2, -0.15) is 17.0 Å². The zero-order chi connectivity index (χ0) is 23.0. The number of nitrogens with zero attached hydrogens (tertiary/aromatic N) is 2. The van der Waals surface area contributed by atoms with Gasteiger partial charge in [-0.3, -0.25) is 4.79 Å². The first kappa shape index (κ1) is 24.8. The SMILES string of the molecule is CC(N(C1CCOCC1)S(=O)(=O)N1C[C@H](CCCB(O)O)[C@](N)(C(=O)O)C1)C1(N)CC1. The van der Waals surface area contributed by atoms with Crippen molar-refractivity contribution in [2.75, 3.05) is 26.3 Å². The molecular formula is C18H35BN4O7S. The van der Waals surface area contributed by atoms with Crippen LogP contribution < -0.4 is 11.5 Å². The van der Waals surface area contributed by atoms with Gasteiger partial charge in [0.15, 0.2) is 0 Å². The first-order chi connectivity index (χ1) is 14.4. The first-order valence-electron chi connectivity index (χ1n) is 11.0. The second-order valence-corrected chi connectivity index (χ2v) is 11.2. The Morgan fingerprint density at radius 3 is 2.42 bits per heavy atom. The average molecular weight is 462 g/mol. The number of carboxylic acids is 1. The van der Waals surface area contributed by atoms with Gasteiger partial charge in [0.25, 0.3) is 10.2 Å². The standard InChI is InChI=1S/C18H35BN4O7S/c1-13(17(20)6-7-17)23(15-4-9-30-10-5-15)31(28,29)22-11-14(3-2-8-19(26)27)18(21,12-22)16(24)25/h13-15,26-27H,2-12,20-21H2,1H3,(H,24,25)/t13?,14-,18-/m0/s1. The molecule has 31 heavy (non-hydrogen) atoms. The van der Waals surface area contributed by atoms with Crippen LogP contribution in [0.2, 0.25) is 6.32 Å². The molecule has 3 rings (SSSR count). The normalized spacial score (nSPS) is 30.5. The highest BCUT2D eigenvalue weighted by Crippen LogP contribution is 2.42. The van der Waals surface area contributed by atoms with Crippen LogP contribution in [-0.2, 0) is 19.7 Å². The lowest BCUT2D eigenvalue weighted by Crippen LogP contribution is -2.60. The van der Waals surface area contributed by atoms with Gasteiger partial charge in [0.1, 0.15) is 5.54 Å². The number of carbonyl (C=O) groups is 1. The third kappa shape index (κ3) is 5.08. The number of ether oxygens (including phenoxy) is 1. The van der Waals surface area contributed by atoms with E-state index in [0.717, 1.165) is 12.8 Å². The van der Waals surface area contributed by atoms with Crippen LogP contribution in [0.25, 0.3) is 0 Å². The minimum atomic E-state index is -4.03. The summed E-state index contributed by atoms with van der Waals surface area (Å²) in [6.45, 7) is 2.38. The predicted octanol–water partition coefficient (Wildman–Crippen LogP) is -1.44. The molecule has 3 fully saturated rings. The molecule has 7 N–H and O–H groups in total. The van der Waals surface area contributed by atoms with E-state index in [1.54, 1.807) is 0 Å². The summed E-state index contributed by atoms with van der Waals surface area (Å²) in [6, 6.07) is -0.698. The Morgan fingerprint density at radius 1 is 1.29 bits per heavy atom. The molecule has 3 aliphatic rings. The monoisotopic (exact) mass is 462 g/mol. The summed E-state index contributed by atoms with van der Waals surface area (Å²) in [5.74, 6) is -1.90. The van der Waals surface area contributed by atoms with Crippen molar-refractivity contribution in [3.05, 3.63) is 0 Å². The number of aliphatic carboxylic acids is 1. The van der Waals surface area contributed by atoms with Crippen LogP contribution in [0.15, 0.2) is 0 Å². The Labute approximate surface area is 184 Å². The zero-order valence-electron chi connectivity index (χ0n) is 18.0. The van der Waals surface area contributed by atoms with Crippen molar-refractivity contribution in [2.45, 2.75) is 74.9 Å². The van der Waals surface area contributed by atoms with E-state index in [4.69, 9.17) is 26.3 Å². The molecule has 0 aromatic rings. The van der Waals surface area contributed by atoms with Crippen molar-refractivity contribution in [1.29, 1.82) is 0 Å². The highest BCUT2D eigenvalue weighted by molar-refractivity contribution is 7.86. The topological polar surface area (TPSA) is 180 Å². The third-order valence-electron chi connectivity index (χ3n) is 7.19. The maximum atomic E-state index is 13.8. The van der Waals surface area contributed by atoms with E-state index < -0.39 is 46.3 Å². The van der Waals surface area contributed by atoms with E-state index in [1.807, 2.05) is 6.92 Å². The molecule has 0 spiro atoms. The Kier molecular flexibility index (Phi) is 7.39. The summed E-state index contributed by atoms with van der Waals surface area (Å²) in [5.41, 5.74) is 10.3. The second-order valence-electron chi connectivity index (χ2n) is 9.34. The Bertz CT molecular complexity index is 760. The van der Waals surface area contributed by atoms with Crippen LogP contribution in [-0.4, -0.2) is 94.7 Å². The van der Waals surface area contributed by atoms with E-state index in [9.17, 15) is 18.3 Å². The van der Waals surface area contributed by atoms with Gasteiger partial charge in [0.2, 0.25) is 0 Å². The highest BCUT2D eigenvalue weighted by Gasteiger charge is 2.57. The van der Waals surface area contributed by atoms with Crippen LogP contribution >= 0.6 is 0 Å². The van der Waals surface area contributed by atoms with Crippen molar-refractivity contribution in [3.8, 4) is 0 Å². The van der Waals surface area contributed by atoms with Crippen LogP contribution in [0.5, 0.6) is 0 Å². The van der Waals surface area contributed by atoms with Gasteiger partial charge in [0.05, 0.1) is 0 Å². The molecule has 11 nitrogen and oxygen atoms in total. The van der Waals surface area contributed by atoms with Gasteiger partial charge in [-0.25, -0.2) is 0 Å². The minimum Gasteiger partial charge on any atom is -0.480 e. The van der Waals surface area contributed by atoms with Crippen molar-refractivity contribution < 1.29 is 33.1 Å². The molecule has 1 aliphatic carbocycles. The quantitative estimate of drug-likeness (QED) is 0.243. The van der Waals surface area contributed by atoms with Crippen molar-refractivity contribution in [1.82, 2.24) is 8.61 Å². The maximum absolute atomic E-state index is 13.8. The summed E-state index contributed by atoms with van der Waals surface area (Å²) >= 11 is 0. The van der Waals surface area contributed by atoms with Gasteiger partial charge in [-0.15, -0.1) is 0 Å². The molecule has 2 aliphatic heterocycles. The van der Waals surface area contributed by atoms with E-state index >= 15 is 0 Å². The van der Waals surface area contributed by atoms with Crippen molar-refractivity contribution >= 4 is 23.3 Å². The summed E-state index contributed by atoms with van der Waals surface area (Å²) in [7, 11) is -5.53. The number of rotatable bonds is 10. The summed E-state index contributed by atoms with van der Waals surface area (Å²) < 4.78 is 35.7. The highest BCUT2D eigenvalue weighted by atomic mass is 32.2. The first-order valence-corrected chi connectivity index (χ1v) is 12.3. The van der Waals surface area contributed by atoms with E-state index in [0.29, 0.717) is 32.5 Å². The number of hydrogen-bond donors (Lipinski definition) is 5. The van der Waals surface area contributed by atoms with Crippen molar-refractivity contribution in [2.24, 2.45) is 17.4 Å².